The molecule has 134 valence electrons. The van der Waals surface area contributed by atoms with Gasteiger partial charge in [0, 0.05) is 19.5 Å². The summed E-state index contributed by atoms with van der Waals surface area (Å²) >= 11 is 0. The van der Waals surface area contributed by atoms with Crippen molar-refractivity contribution in [2.45, 2.75) is 66.5 Å². The first-order valence-corrected chi connectivity index (χ1v) is 9.02. The van der Waals surface area contributed by atoms with Crippen LogP contribution < -0.4 is 5.32 Å². The van der Waals surface area contributed by atoms with Crippen LogP contribution in [0.15, 0.2) is 24.3 Å². The van der Waals surface area contributed by atoms with Gasteiger partial charge in [-0.1, -0.05) is 52.0 Å². The Morgan fingerprint density at radius 2 is 1.83 bits per heavy atom. The first-order chi connectivity index (χ1) is 11.4. The van der Waals surface area contributed by atoms with Gasteiger partial charge in [-0.25, -0.2) is 0 Å². The van der Waals surface area contributed by atoms with Gasteiger partial charge in [-0.3, -0.25) is 9.59 Å². The number of aryl methyl sites for hydroxylation is 1. The summed E-state index contributed by atoms with van der Waals surface area (Å²) in [5, 5.41) is 2.98. The molecule has 0 saturated heterocycles. The molecular weight excluding hydrogens is 300 g/mol. The van der Waals surface area contributed by atoms with Crippen molar-refractivity contribution in [3.8, 4) is 0 Å². The monoisotopic (exact) mass is 332 g/mol. The predicted octanol–water partition coefficient (Wildman–Crippen LogP) is 3.67. The van der Waals surface area contributed by atoms with E-state index in [4.69, 9.17) is 0 Å². The third-order valence-electron chi connectivity index (χ3n) is 4.14. The van der Waals surface area contributed by atoms with Crippen molar-refractivity contribution in [2.75, 3.05) is 6.54 Å². The lowest BCUT2D eigenvalue weighted by Gasteiger charge is -2.31. The fourth-order valence-electron chi connectivity index (χ4n) is 2.67. The predicted molar refractivity (Wildman–Crippen MR) is 98.6 cm³/mol. The van der Waals surface area contributed by atoms with E-state index >= 15 is 0 Å². The zero-order valence-electron chi connectivity index (χ0n) is 15.8. The van der Waals surface area contributed by atoms with E-state index in [1.807, 2.05) is 45.0 Å². The minimum Gasteiger partial charge on any atom is -0.354 e. The number of benzene rings is 1. The quantitative estimate of drug-likeness (QED) is 0.750. The molecule has 1 rings (SSSR count). The summed E-state index contributed by atoms with van der Waals surface area (Å²) in [4.78, 5) is 27.0. The fourth-order valence-corrected chi connectivity index (χ4v) is 2.67. The summed E-state index contributed by atoms with van der Waals surface area (Å²) in [5.41, 5.74) is 2.24. The summed E-state index contributed by atoms with van der Waals surface area (Å²) in [6.45, 7) is 11.2. The Morgan fingerprint density at radius 1 is 1.17 bits per heavy atom. The Bertz CT molecular complexity index is 540. The maximum atomic E-state index is 12.6. The zero-order chi connectivity index (χ0) is 18.1. The number of nitrogens with zero attached hydrogens (tertiary/aromatic N) is 1. The van der Waals surface area contributed by atoms with Crippen LogP contribution in [0.3, 0.4) is 0 Å². The standard InChI is InChI=1S/C20H32N2O2/c1-6-10-19(23)22(14-17-12-9-8-11-16(17)5)18(7-2)20(24)21-13-15(3)4/h8-9,11-12,15,18H,6-7,10,13-14H2,1-5H3,(H,21,24)/t18-/m1/s1. The number of hydrogen-bond donors (Lipinski definition) is 1. The van der Waals surface area contributed by atoms with E-state index in [2.05, 4.69) is 19.2 Å². The van der Waals surface area contributed by atoms with Crippen molar-refractivity contribution in [1.29, 1.82) is 0 Å². The van der Waals surface area contributed by atoms with Gasteiger partial charge < -0.3 is 10.2 Å². The van der Waals surface area contributed by atoms with Crippen molar-refractivity contribution in [1.82, 2.24) is 10.2 Å². The fraction of sp³-hybridized carbons (Fsp3) is 0.600. The first kappa shape index (κ1) is 20.2. The summed E-state index contributed by atoms with van der Waals surface area (Å²) in [6, 6.07) is 7.62. The SMILES string of the molecule is CCCC(=O)N(Cc1ccccc1C)[C@H](CC)C(=O)NCC(C)C. The third-order valence-corrected chi connectivity index (χ3v) is 4.14. The lowest BCUT2D eigenvalue weighted by atomic mass is 10.1. The van der Waals surface area contributed by atoms with Crippen LogP contribution in [-0.4, -0.2) is 29.3 Å². The van der Waals surface area contributed by atoms with E-state index in [1.165, 1.54) is 0 Å². The van der Waals surface area contributed by atoms with E-state index < -0.39 is 6.04 Å². The highest BCUT2D eigenvalue weighted by atomic mass is 16.2. The summed E-state index contributed by atoms with van der Waals surface area (Å²) < 4.78 is 0. The van der Waals surface area contributed by atoms with E-state index in [9.17, 15) is 9.59 Å². The number of carbonyl (C=O) groups excluding carboxylic acids is 2. The summed E-state index contributed by atoms with van der Waals surface area (Å²) in [6.07, 6.45) is 1.87. The Hall–Kier alpha value is -1.84. The molecule has 0 radical (unpaired) electrons. The van der Waals surface area contributed by atoms with Crippen LogP contribution in [0.2, 0.25) is 0 Å². The number of nitrogens with one attached hydrogen (secondary N) is 1. The van der Waals surface area contributed by atoms with Crippen molar-refractivity contribution in [3.63, 3.8) is 0 Å². The van der Waals surface area contributed by atoms with Crippen LogP contribution in [0.5, 0.6) is 0 Å². The Balaban J connectivity index is 2.99. The van der Waals surface area contributed by atoms with Gasteiger partial charge in [-0.15, -0.1) is 0 Å². The van der Waals surface area contributed by atoms with Crippen molar-refractivity contribution in [2.24, 2.45) is 5.92 Å². The average molecular weight is 332 g/mol. The van der Waals surface area contributed by atoms with Gasteiger partial charge in [0.15, 0.2) is 0 Å². The van der Waals surface area contributed by atoms with E-state index in [0.717, 1.165) is 17.5 Å². The second kappa shape index (κ2) is 10.1. The molecule has 0 bridgehead atoms. The smallest absolute Gasteiger partial charge is 0.242 e. The molecule has 1 aromatic rings. The molecule has 4 heteroatoms. The lowest BCUT2D eigenvalue weighted by molar-refractivity contribution is -0.141. The molecule has 1 aromatic carbocycles. The highest BCUT2D eigenvalue weighted by Gasteiger charge is 2.28. The Morgan fingerprint density at radius 3 is 2.38 bits per heavy atom. The number of amides is 2. The molecule has 0 heterocycles. The van der Waals surface area contributed by atoms with Gasteiger partial charge in [0.1, 0.15) is 6.04 Å². The average Bonchev–Trinajstić information content (AvgIpc) is 2.54. The molecule has 1 N–H and O–H groups in total. The highest BCUT2D eigenvalue weighted by Crippen LogP contribution is 2.16. The van der Waals surface area contributed by atoms with Crippen LogP contribution >= 0.6 is 0 Å². The summed E-state index contributed by atoms with van der Waals surface area (Å²) in [7, 11) is 0. The normalized spacial score (nSPS) is 12.1. The van der Waals surface area contributed by atoms with E-state index in [1.54, 1.807) is 4.90 Å². The number of carbonyl (C=O) groups is 2. The van der Waals surface area contributed by atoms with Crippen LogP contribution in [0.4, 0.5) is 0 Å². The summed E-state index contributed by atoms with van der Waals surface area (Å²) in [5.74, 6) is 0.388. The molecule has 0 spiro atoms. The highest BCUT2D eigenvalue weighted by molar-refractivity contribution is 5.87. The second-order valence-electron chi connectivity index (χ2n) is 6.76. The van der Waals surface area contributed by atoms with Gasteiger partial charge in [-0.05, 0) is 36.8 Å². The Kier molecular flexibility index (Phi) is 8.51. The van der Waals surface area contributed by atoms with Crippen LogP contribution in [-0.2, 0) is 16.1 Å². The van der Waals surface area contributed by atoms with E-state index in [0.29, 0.717) is 31.8 Å². The largest absolute Gasteiger partial charge is 0.354 e. The van der Waals surface area contributed by atoms with E-state index in [-0.39, 0.29) is 11.8 Å². The van der Waals surface area contributed by atoms with Gasteiger partial charge in [0.05, 0.1) is 0 Å². The van der Waals surface area contributed by atoms with Gasteiger partial charge in [0.25, 0.3) is 0 Å². The molecule has 1 atom stereocenters. The molecule has 0 aliphatic rings. The molecule has 0 aliphatic heterocycles. The van der Waals surface area contributed by atoms with Crippen LogP contribution in [0, 0.1) is 12.8 Å². The maximum absolute atomic E-state index is 12.6. The second-order valence-corrected chi connectivity index (χ2v) is 6.76. The third kappa shape index (κ3) is 5.99. The maximum Gasteiger partial charge on any atom is 0.242 e. The van der Waals surface area contributed by atoms with Crippen molar-refractivity contribution < 1.29 is 9.59 Å². The molecule has 0 fully saturated rings. The molecule has 2 amide bonds. The molecule has 0 aromatic heterocycles. The number of rotatable bonds is 9. The minimum absolute atomic E-state index is 0.0484. The molecule has 0 unspecified atom stereocenters. The molecule has 0 aliphatic carbocycles. The van der Waals surface area contributed by atoms with Crippen molar-refractivity contribution in [3.05, 3.63) is 35.4 Å². The molecule has 4 nitrogen and oxygen atoms in total. The Labute approximate surface area is 146 Å². The van der Waals surface area contributed by atoms with Crippen LogP contribution in [0.25, 0.3) is 0 Å². The minimum atomic E-state index is -0.414. The topological polar surface area (TPSA) is 49.4 Å². The van der Waals surface area contributed by atoms with Crippen molar-refractivity contribution >= 4 is 11.8 Å². The van der Waals surface area contributed by atoms with Gasteiger partial charge in [0.2, 0.25) is 11.8 Å². The number of hydrogen-bond acceptors (Lipinski definition) is 2. The molecule has 0 saturated carbocycles. The lowest BCUT2D eigenvalue weighted by Crippen LogP contribution is -2.49. The van der Waals surface area contributed by atoms with Gasteiger partial charge in [-0.2, -0.15) is 0 Å². The molecule has 24 heavy (non-hydrogen) atoms. The first-order valence-electron chi connectivity index (χ1n) is 9.02. The van der Waals surface area contributed by atoms with Crippen LogP contribution in [0.1, 0.15) is 58.1 Å². The van der Waals surface area contributed by atoms with Gasteiger partial charge >= 0.3 is 0 Å². The zero-order valence-corrected chi connectivity index (χ0v) is 15.8. The molecular formula is C20H32N2O2.